The van der Waals surface area contributed by atoms with Crippen LogP contribution in [0.1, 0.15) is 12.8 Å². The van der Waals surface area contributed by atoms with Gasteiger partial charge in [-0.25, -0.2) is 0 Å². The van der Waals surface area contributed by atoms with Gasteiger partial charge in [0.2, 0.25) is 5.91 Å². The summed E-state index contributed by atoms with van der Waals surface area (Å²) in [6, 6.07) is 2.11. The van der Waals surface area contributed by atoms with E-state index in [1.165, 1.54) is 0 Å². The number of carbonyl (C=O) groups excluding carboxylic acids is 1. The molecule has 0 saturated heterocycles. The molecule has 0 N–H and O–H groups in total. The lowest BCUT2D eigenvalue weighted by Crippen LogP contribution is -2.34. The highest BCUT2D eigenvalue weighted by atomic mass is 16.2. The van der Waals surface area contributed by atoms with Crippen molar-refractivity contribution in [3.63, 3.8) is 0 Å². The molecule has 12 heavy (non-hydrogen) atoms. The third-order valence-electron chi connectivity index (χ3n) is 2.48. The Labute approximate surface area is 71.3 Å². The van der Waals surface area contributed by atoms with E-state index in [1.54, 1.807) is 4.90 Å². The Bertz CT molecular complexity index is 275. The summed E-state index contributed by atoms with van der Waals surface area (Å²) in [6.45, 7) is 1.37. The van der Waals surface area contributed by atoms with Crippen LogP contribution in [0.15, 0.2) is 12.2 Å². The first-order chi connectivity index (χ1) is 5.78. The molecule has 2 aliphatic rings. The molecule has 0 aromatic heterocycles. The molecule has 0 radical (unpaired) electrons. The number of hydrogen-bond donors (Lipinski definition) is 0. The quantitative estimate of drug-likeness (QED) is 0.532. The number of nitriles is 1. The van der Waals surface area contributed by atoms with Gasteiger partial charge in [0.15, 0.2) is 0 Å². The number of carbonyl (C=O) groups is 1. The Balaban J connectivity index is 2.06. The molecule has 0 aromatic carbocycles. The van der Waals surface area contributed by atoms with Gasteiger partial charge in [-0.15, -0.1) is 0 Å². The van der Waals surface area contributed by atoms with Crippen LogP contribution < -0.4 is 0 Å². The van der Waals surface area contributed by atoms with E-state index >= 15 is 0 Å². The van der Waals surface area contributed by atoms with Gasteiger partial charge in [0.05, 0.1) is 6.07 Å². The lowest BCUT2D eigenvalue weighted by Gasteiger charge is -2.17. The van der Waals surface area contributed by atoms with E-state index in [1.807, 2.05) is 12.2 Å². The molecule has 1 aliphatic carbocycles. The Hall–Kier alpha value is -1.30. The molecule has 1 fully saturated rings. The van der Waals surface area contributed by atoms with E-state index < -0.39 is 5.41 Å². The molecule has 0 aromatic rings. The molecular weight excluding hydrogens is 152 g/mol. The molecule has 0 bridgehead atoms. The summed E-state index contributed by atoms with van der Waals surface area (Å²) < 4.78 is 0. The molecule has 2 rings (SSSR count). The van der Waals surface area contributed by atoms with E-state index in [0.29, 0.717) is 13.1 Å². The first-order valence-electron chi connectivity index (χ1n) is 4.14. The Morgan fingerprint density at radius 1 is 1.42 bits per heavy atom. The third kappa shape index (κ3) is 0.918. The van der Waals surface area contributed by atoms with E-state index in [9.17, 15) is 4.79 Å². The zero-order valence-electron chi connectivity index (χ0n) is 6.79. The minimum atomic E-state index is -0.633. The first kappa shape index (κ1) is 7.35. The fourth-order valence-corrected chi connectivity index (χ4v) is 1.45. The molecule has 0 unspecified atom stereocenters. The minimum absolute atomic E-state index is 0.0231. The number of rotatable bonds is 1. The normalized spacial score (nSPS) is 23.8. The number of hydrogen-bond acceptors (Lipinski definition) is 2. The van der Waals surface area contributed by atoms with Crippen LogP contribution in [0.3, 0.4) is 0 Å². The van der Waals surface area contributed by atoms with Crippen LogP contribution in [0, 0.1) is 16.7 Å². The second-order valence-electron chi connectivity index (χ2n) is 3.38. The van der Waals surface area contributed by atoms with Crippen LogP contribution in [0.5, 0.6) is 0 Å². The van der Waals surface area contributed by atoms with E-state index in [0.717, 1.165) is 12.8 Å². The average Bonchev–Trinajstić information content (AvgIpc) is 2.71. The monoisotopic (exact) mass is 162 g/mol. The van der Waals surface area contributed by atoms with Crippen molar-refractivity contribution >= 4 is 5.91 Å². The first-order valence-corrected chi connectivity index (χ1v) is 4.14. The smallest absolute Gasteiger partial charge is 0.243 e. The summed E-state index contributed by atoms with van der Waals surface area (Å²) in [6.07, 6.45) is 5.42. The van der Waals surface area contributed by atoms with Crippen molar-refractivity contribution in [2.45, 2.75) is 12.8 Å². The number of nitrogens with zero attached hydrogens (tertiary/aromatic N) is 2. The van der Waals surface area contributed by atoms with Gasteiger partial charge in [-0.1, -0.05) is 12.2 Å². The third-order valence-corrected chi connectivity index (χ3v) is 2.48. The molecule has 3 nitrogen and oxygen atoms in total. The van der Waals surface area contributed by atoms with Gasteiger partial charge in [0.1, 0.15) is 5.41 Å². The van der Waals surface area contributed by atoms with Gasteiger partial charge >= 0.3 is 0 Å². The Kier molecular flexibility index (Phi) is 1.44. The highest BCUT2D eigenvalue weighted by Crippen LogP contribution is 2.46. The van der Waals surface area contributed by atoms with E-state index in [4.69, 9.17) is 5.26 Å². The molecule has 1 saturated carbocycles. The predicted octanol–water partition coefficient (Wildman–Crippen LogP) is 0.689. The van der Waals surface area contributed by atoms with Crippen LogP contribution in [0.4, 0.5) is 0 Å². The summed E-state index contributed by atoms with van der Waals surface area (Å²) in [4.78, 5) is 13.4. The van der Waals surface area contributed by atoms with Crippen molar-refractivity contribution in [3.8, 4) is 6.07 Å². The lowest BCUT2D eigenvalue weighted by molar-refractivity contribution is -0.133. The Morgan fingerprint density at radius 2 is 2.00 bits per heavy atom. The topological polar surface area (TPSA) is 44.1 Å². The molecule has 3 heteroatoms. The standard InChI is InChI=1S/C9H10N2O/c10-7-9(3-4-9)8(12)11-5-1-2-6-11/h1-2H,3-6H2. The van der Waals surface area contributed by atoms with Gasteiger partial charge < -0.3 is 4.90 Å². The maximum Gasteiger partial charge on any atom is 0.243 e. The van der Waals surface area contributed by atoms with Crippen molar-refractivity contribution in [2.75, 3.05) is 13.1 Å². The summed E-state index contributed by atoms with van der Waals surface area (Å²) in [7, 11) is 0. The summed E-state index contributed by atoms with van der Waals surface area (Å²) in [5.74, 6) is 0.0231. The molecule has 0 spiro atoms. The second kappa shape index (κ2) is 2.34. The number of amides is 1. The molecular formula is C9H10N2O. The van der Waals surface area contributed by atoms with Crippen molar-refractivity contribution in [2.24, 2.45) is 5.41 Å². The zero-order valence-corrected chi connectivity index (χ0v) is 6.79. The van der Waals surface area contributed by atoms with Crippen molar-refractivity contribution in [1.82, 2.24) is 4.90 Å². The van der Waals surface area contributed by atoms with Crippen LogP contribution in [0.25, 0.3) is 0 Å². The summed E-state index contributed by atoms with van der Waals surface area (Å²) in [5, 5.41) is 8.77. The molecule has 1 aliphatic heterocycles. The van der Waals surface area contributed by atoms with E-state index in [2.05, 4.69) is 6.07 Å². The molecule has 1 heterocycles. The second-order valence-corrected chi connectivity index (χ2v) is 3.38. The maximum atomic E-state index is 11.6. The highest BCUT2D eigenvalue weighted by molar-refractivity contribution is 5.88. The van der Waals surface area contributed by atoms with Gasteiger partial charge in [0.25, 0.3) is 0 Å². The molecule has 62 valence electrons. The average molecular weight is 162 g/mol. The minimum Gasteiger partial charge on any atom is -0.334 e. The summed E-state index contributed by atoms with van der Waals surface area (Å²) in [5.41, 5.74) is -0.633. The highest BCUT2D eigenvalue weighted by Gasteiger charge is 2.52. The fraction of sp³-hybridized carbons (Fsp3) is 0.556. The zero-order chi connectivity index (χ0) is 8.60. The SMILES string of the molecule is N#CC1(C(=O)N2CC=CC2)CC1. The van der Waals surface area contributed by atoms with E-state index in [-0.39, 0.29) is 5.91 Å². The largest absolute Gasteiger partial charge is 0.334 e. The lowest BCUT2D eigenvalue weighted by atomic mass is 10.1. The molecule has 1 amide bonds. The van der Waals surface area contributed by atoms with Crippen LogP contribution in [-0.4, -0.2) is 23.9 Å². The van der Waals surface area contributed by atoms with Crippen molar-refractivity contribution in [3.05, 3.63) is 12.2 Å². The van der Waals surface area contributed by atoms with Gasteiger partial charge in [-0.3, -0.25) is 4.79 Å². The van der Waals surface area contributed by atoms with Crippen molar-refractivity contribution < 1.29 is 4.79 Å². The van der Waals surface area contributed by atoms with Crippen molar-refractivity contribution in [1.29, 1.82) is 5.26 Å². The summed E-state index contributed by atoms with van der Waals surface area (Å²) >= 11 is 0. The van der Waals surface area contributed by atoms with Crippen LogP contribution >= 0.6 is 0 Å². The van der Waals surface area contributed by atoms with Crippen LogP contribution in [0.2, 0.25) is 0 Å². The Morgan fingerprint density at radius 3 is 2.42 bits per heavy atom. The fourth-order valence-electron chi connectivity index (χ4n) is 1.45. The van der Waals surface area contributed by atoms with Gasteiger partial charge in [-0.2, -0.15) is 5.26 Å². The molecule has 0 atom stereocenters. The predicted molar refractivity (Wildman–Crippen MR) is 43.0 cm³/mol. The van der Waals surface area contributed by atoms with Gasteiger partial charge in [0, 0.05) is 13.1 Å². The maximum absolute atomic E-state index is 11.6. The van der Waals surface area contributed by atoms with Crippen LogP contribution in [-0.2, 0) is 4.79 Å². The van der Waals surface area contributed by atoms with Gasteiger partial charge in [-0.05, 0) is 12.8 Å².